The molecule has 6 aromatic rings. The Morgan fingerprint density at radius 2 is 0.286 bits per heavy atom. The minimum Gasteiger partial charge on any atom is -0.413 e. The van der Waals surface area contributed by atoms with Gasteiger partial charge in [-0.05, 0) is 159 Å². The summed E-state index contributed by atoms with van der Waals surface area (Å²) in [5.41, 5.74) is 6.26. The summed E-state index contributed by atoms with van der Waals surface area (Å²) in [6.45, 7) is 51.6. The van der Waals surface area contributed by atoms with Crippen LogP contribution < -0.4 is 31.1 Å². The Balaban J connectivity index is 1.90. The molecule has 0 aromatic heterocycles. The van der Waals surface area contributed by atoms with E-state index in [-0.39, 0.29) is 0 Å². The first-order chi connectivity index (χ1) is 38.5. The number of hydrogen-bond donors (Lipinski definition) is 0. The van der Waals surface area contributed by atoms with Crippen molar-refractivity contribution >= 4 is 134 Å². The van der Waals surface area contributed by atoms with Crippen molar-refractivity contribution in [3.8, 4) is 0 Å². The van der Waals surface area contributed by atoms with Gasteiger partial charge in [0, 0.05) is 31.1 Å². The van der Waals surface area contributed by atoms with E-state index < -0.39 is 103 Å². The van der Waals surface area contributed by atoms with Crippen LogP contribution in [-0.4, -0.2) is 103 Å². The molecule has 0 atom stereocenters. The Morgan fingerprint density at radius 3 is 0.369 bits per heavy atom. The first-order valence-corrected chi connectivity index (χ1v) is 60.1. The fourth-order valence-corrected chi connectivity index (χ4v) is 59.0. The van der Waals surface area contributed by atoms with Gasteiger partial charge in [0.1, 0.15) is 0 Å². The number of hydrogen-bond acceptors (Lipinski definition) is 12. The second-order valence-electron chi connectivity index (χ2n) is 28.4. The van der Waals surface area contributed by atoms with Gasteiger partial charge in [-0.15, -0.1) is 0 Å². The van der Waals surface area contributed by atoms with Crippen LogP contribution in [0.3, 0.4) is 0 Å². The zero-order chi connectivity index (χ0) is 62.4. The van der Waals surface area contributed by atoms with Crippen LogP contribution in [0.25, 0.3) is 0 Å². The molecule has 84 heavy (non-hydrogen) atoms. The number of rotatable bonds is 18. The average molecular weight is 1350 g/mol. The van der Waals surface area contributed by atoms with Crippen LogP contribution in [0.1, 0.15) is 33.4 Å². The van der Waals surface area contributed by atoms with E-state index >= 15 is 0 Å². The van der Waals surface area contributed by atoms with Crippen LogP contribution in [-0.2, 0) is 49.4 Å². The molecule has 0 bridgehead atoms. The van der Waals surface area contributed by atoms with Gasteiger partial charge in [-0.2, -0.15) is 0 Å². The van der Waals surface area contributed by atoms with Crippen molar-refractivity contribution < 1.29 is 49.4 Å². The van der Waals surface area contributed by atoms with Gasteiger partial charge in [0.2, 0.25) is 0 Å². The van der Waals surface area contributed by atoms with Crippen molar-refractivity contribution in [2.45, 2.75) is 159 Å². The molecule has 0 saturated carbocycles. The van der Waals surface area contributed by atoms with Gasteiger partial charge < -0.3 is 49.4 Å². The van der Waals surface area contributed by atoms with Crippen LogP contribution in [0.2, 0.25) is 118 Å². The predicted octanol–water partition coefficient (Wildman–Crippen LogP) is 12.1. The largest absolute Gasteiger partial charge is 0.512 e. The highest BCUT2D eigenvalue weighted by molar-refractivity contribution is 7.07. The van der Waals surface area contributed by atoms with E-state index in [9.17, 15) is 0 Å². The second-order valence-corrected chi connectivity index (χ2v) is 73.7. The zero-order valence-corrected chi connectivity index (χ0v) is 66.8. The quantitative estimate of drug-likeness (QED) is 0.0764. The third kappa shape index (κ3) is 17.9. The van der Waals surface area contributed by atoms with Crippen molar-refractivity contribution in [3.63, 3.8) is 0 Å². The van der Waals surface area contributed by atoms with Crippen molar-refractivity contribution in [1.82, 2.24) is 0 Å². The number of benzene rings is 6. The first kappa shape index (κ1) is 68.9. The maximum Gasteiger partial charge on any atom is 0.512 e. The molecule has 1 heterocycles. The summed E-state index contributed by atoms with van der Waals surface area (Å²) in [4.78, 5) is 0. The molecule has 0 radical (unpaired) electrons. The van der Waals surface area contributed by atoms with Crippen LogP contribution in [0.4, 0.5) is 0 Å². The molecular formula is C60H96O12Si12. The highest BCUT2D eigenvalue weighted by Gasteiger charge is 2.74. The summed E-state index contributed by atoms with van der Waals surface area (Å²) in [5.74, 6) is 0. The lowest BCUT2D eigenvalue weighted by molar-refractivity contribution is 0.106. The van der Waals surface area contributed by atoms with E-state index in [0.29, 0.717) is 31.1 Å². The lowest BCUT2D eigenvalue weighted by Crippen LogP contribution is -2.84. The lowest BCUT2D eigenvalue weighted by atomic mass is 10.2. The molecule has 1 saturated heterocycles. The molecule has 0 N–H and O–H groups in total. The lowest BCUT2D eigenvalue weighted by Gasteiger charge is -2.53. The average Bonchev–Trinajstić information content (AvgIpc) is 0.967. The van der Waals surface area contributed by atoms with Crippen LogP contribution in [0.5, 0.6) is 0 Å². The molecule has 0 aliphatic carbocycles. The highest BCUT2D eigenvalue weighted by atomic mass is 28.6. The van der Waals surface area contributed by atoms with Gasteiger partial charge in [-0.1, -0.05) is 179 Å². The molecule has 24 heteroatoms. The SMILES string of the molecule is Cc1ccc([Si]2(O[Si](C)(C)C)O[Si](O[Si](C)(C)C)(c3ccc(C)cc3)O[Si](O[Si](C)(C)C)(c3ccc(C)cc3)O[Si](O[Si](C)(C)C)(c3ccc(C)cc3)O[Si](O[Si](C)(C)C)(c3ccc(C)cc3)O[Si](O[Si](C)(C)C)(c3ccc(C)cc3)O2)cc1. The fourth-order valence-electron chi connectivity index (χ4n) is 9.46. The van der Waals surface area contributed by atoms with Gasteiger partial charge in [-0.25, -0.2) is 0 Å². The van der Waals surface area contributed by atoms with Crippen molar-refractivity contribution in [1.29, 1.82) is 0 Å². The van der Waals surface area contributed by atoms with E-state index in [2.05, 4.69) is 305 Å². The van der Waals surface area contributed by atoms with E-state index in [1.54, 1.807) is 0 Å². The van der Waals surface area contributed by atoms with Crippen molar-refractivity contribution in [3.05, 3.63) is 179 Å². The summed E-state index contributed by atoms with van der Waals surface area (Å²) in [5, 5.41) is 4.09. The molecule has 0 unspecified atom stereocenters. The Bertz CT molecular complexity index is 2580. The standard InChI is InChI=1S/C60H96O12Si12/c1-49-25-37-55(38-26-49)79(61-73(7,8)9)67-80(62-74(10,11)12,56-39-27-50(2)28-40-56)69-82(64-76(16,17)18,58-43-31-52(4)32-44-58)71-84(66-78(22,23)24,60-47-35-54(6)36-48-60)72-83(65-77(19,20)21,59-45-33-53(5)34-46-59)70-81(68-79,63-75(13,14)15)57-41-29-51(3)30-42-57/h25-48H,1-24H3. The Morgan fingerprint density at radius 1 is 0.190 bits per heavy atom. The Hall–Kier alpha value is -2.56. The minimum absolute atomic E-state index is 0.681. The molecule has 1 aliphatic rings. The first-order valence-electron chi connectivity index (χ1n) is 29.3. The van der Waals surface area contributed by atoms with Crippen LogP contribution >= 0.6 is 0 Å². The highest BCUT2D eigenvalue weighted by Crippen LogP contribution is 2.40. The Labute approximate surface area is 517 Å². The predicted molar refractivity (Wildman–Crippen MR) is 372 cm³/mol. The van der Waals surface area contributed by atoms with Gasteiger partial charge >= 0.3 is 52.8 Å². The van der Waals surface area contributed by atoms with Gasteiger partial charge in [0.15, 0.2) is 49.9 Å². The van der Waals surface area contributed by atoms with E-state index in [4.69, 9.17) is 49.4 Å². The summed E-state index contributed by atoms with van der Waals surface area (Å²) in [6.07, 6.45) is 0. The second kappa shape index (κ2) is 25.4. The van der Waals surface area contributed by atoms with Gasteiger partial charge in [0.05, 0.1) is 0 Å². The summed E-state index contributed by atoms with van der Waals surface area (Å²) in [7, 11) is -46.2. The van der Waals surface area contributed by atoms with Crippen LogP contribution in [0.15, 0.2) is 146 Å². The third-order valence-electron chi connectivity index (χ3n) is 12.7. The normalized spacial score (nSPS) is 25.4. The summed E-state index contributed by atoms with van der Waals surface area (Å²) in [6, 6.07) is 50.0. The summed E-state index contributed by atoms with van der Waals surface area (Å²) >= 11 is 0. The molecule has 456 valence electrons. The van der Waals surface area contributed by atoms with Crippen molar-refractivity contribution in [2.75, 3.05) is 0 Å². The topological polar surface area (TPSA) is 111 Å². The minimum atomic E-state index is -4.80. The molecule has 1 fully saturated rings. The summed E-state index contributed by atoms with van der Waals surface area (Å²) < 4.78 is 101. The Kier molecular flexibility index (Phi) is 20.8. The van der Waals surface area contributed by atoms with Gasteiger partial charge in [0.25, 0.3) is 0 Å². The van der Waals surface area contributed by atoms with E-state index in [1.165, 1.54) is 0 Å². The van der Waals surface area contributed by atoms with Crippen LogP contribution in [0, 0.1) is 41.5 Å². The molecular weight excluding hydrogens is 1250 g/mol. The molecule has 0 amide bonds. The van der Waals surface area contributed by atoms with Gasteiger partial charge in [-0.3, -0.25) is 0 Å². The third-order valence-corrected chi connectivity index (χ3v) is 53.0. The molecule has 0 spiro atoms. The fraction of sp³-hybridized carbons (Fsp3) is 0.400. The maximum absolute atomic E-state index is 8.68. The molecule has 7 rings (SSSR count). The maximum atomic E-state index is 8.68. The van der Waals surface area contributed by atoms with E-state index in [0.717, 1.165) is 33.4 Å². The monoisotopic (exact) mass is 1340 g/mol. The zero-order valence-electron chi connectivity index (χ0n) is 54.8. The molecule has 12 nitrogen and oxygen atoms in total. The molecule has 1 aliphatic heterocycles. The number of aryl methyl sites for hydroxylation is 6. The van der Waals surface area contributed by atoms with Crippen molar-refractivity contribution in [2.24, 2.45) is 0 Å². The molecule has 6 aromatic carbocycles. The smallest absolute Gasteiger partial charge is 0.413 e. The van der Waals surface area contributed by atoms with E-state index in [1.807, 2.05) is 0 Å².